The Hall–Kier alpha value is -2.80. The van der Waals surface area contributed by atoms with E-state index in [-0.39, 0.29) is 27.1 Å². The fourth-order valence-electron chi connectivity index (χ4n) is 2.01. The number of aromatic nitrogens is 2. The second-order valence-corrected chi connectivity index (χ2v) is 5.16. The minimum Gasteiger partial charge on any atom is -0.463 e. The number of benzene rings is 1. The van der Waals surface area contributed by atoms with E-state index in [1.54, 1.807) is 12.1 Å². The average molecular weight is 313 g/mol. The summed E-state index contributed by atoms with van der Waals surface area (Å²) in [7, 11) is 0. The van der Waals surface area contributed by atoms with E-state index in [0.29, 0.717) is 11.0 Å². The zero-order valence-electron chi connectivity index (χ0n) is 11.5. The summed E-state index contributed by atoms with van der Waals surface area (Å²) < 4.78 is 5.59. The van der Waals surface area contributed by atoms with Gasteiger partial charge in [-0.15, -0.1) is 0 Å². The van der Waals surface area contributed by atoms with E-state index in [2.05, 4.69) is 15.0 Å². The van der Waals surface area contributed by atoms with Crippen molar-refractivity contribution in [3.05, 3.63) is 67.0 Å². The van der Waals surface area contributed by atoms with Gasteiger partial charge in [-0.3, -0.25) is 14.6 Å². The van der Waals surface area contributed by atoms with Gasteiger partial charge in [-0.2, -0.15) is 0 Å². The van der Waals surface area contributed by atoms with Crippen LogP contribution in [0.15, 0.2) is 49.5 Å². The molecule has 0 saturated carbocycles. The van der Waals surface area contributed by atoms with Crippen molar-refractivity contribution < 1.29 is 4.42 Å². The van der Waals surface area contributed by atoms with Gasteiger partial charge in [-0.1, -0.05) is 11.6 Å². The molecule has 2 aromatic heterocycles. The van der Waals surface area contributed by atoms with E-state index >= 15 is 0 Å². The largest absolute Gasteiger partial charge is 0.463 e. The summed E-state index contributed by atoms with van der Waals surface area (Å²) in [5.74, 6) is 0.262. The molecule has 0 atom stereocenters. The van der Waals surface area contributed by atoms with Crippen LogP contribution in [0.1, 0.15) is 11.1 Å². The van der Waals surface area contributed by atoms with Crippen LogP contribution in [-0.2, 0) is 0 Å². The van der Waals surface area contributed by atoms with Crippen LogP contribution in [0.2, 0.25) is 0 Å². The van der Waals surface area contributed by atoms with Crippen LogP contribution in [0.5, 0.6) is 0 Å². The number of aliphatic imine (C=N–C) groups is 1. The minimum atomic E-state index is -0.364. The average Bonchev–Trinajstić information content (AvgIpc) is 2.46. The first-order valence-corrected chi connectivity index (χ1v) is 6.83. The molecule has 3 rings (SSSR count). The number of aryl methyl sites for hydroxylation is 1. The third-order valence-electron chi connectivity index (χ3n) is 3.04. The standard InChI is InChI=1S/C15H11N3O3S/c1-8-2-3-11-10(4-8)14(20)9(7-21-11)6-16-12-5-13(19)18-15(22)17-12/h2-7H,1H3,(H2,17,18,19,22)/b16-6+. The summed E-state index contributed by atoms with van der Waals surface area (Å²) in [6, 6.07) is 6.63. The van der Waals surface area contributed by atoms with Crippen molar-refractivity contribution in [3.8, 4) is 0 Å². The normalized spacial score (nSPS) is 11.3. The van der Waals surface area contributed by atoms with Gasteiger partial charge in [0.1, 0.15) is 17.7 Å². The predicted octanol–water partition coefficient (Wildman–Crippen LogP) is 2.60. The molecular weight excluding hydrogens is 302 g/mol. The molecule has 0 aliphatic rings. The molecule has 0 radical (unpaired) electrons. The van der Waals surface area contributed by atoms with Gasteiger partial charge in [0, 0.05) is 12.3 Å². The van der Waals surface area contributed by atoms with Gasteiger partial charge >= 0.3 is 0 Å². The number of nitrogens with one attached hydrogen (secondary N) is 2. The summed E-state index contributed by atoms with van der Waals surface area (Å²) in [6.45, 7) is 1.90. The molecule has 3 aromatic rings. The van der Waals surface area contributed by atoms with Crippen LogP contribution in [0, 0.1) is 11.7 Å². The number of hydrogen-bond acceptors (Lipinski definition) is 5. The second kappa shape index (κ2) is 5.53. The van der Waals surface area contributed by atoms with E-state index in [0.717, 1.165) is 5.56 Å². The molecule has 0 bridgehead atoms. The Morgan fingerprint density at radius 2 is 2.05 bits per heavy atom. The first kappa shape index (κ1) is 14.2. The fourth-order valence-corrected chi connectivity index (χ4v) is 2.22. The van der Waals surface area contributed by atoms with Gasteiger partial charge in [-0.05, 0) is 31.3 Å². The minimum absolute atomic E-state index is 0.167. The maximum atomic E-state index is 12.4. The van der Waals surface area contributed by atoms with Crippen molar-refractivity contribution in [1.82, 2.24) is 9.97 Å². The highest BCUT2D eigenvalue weighted by Crippen LogP contribution is 2.13. The van der Waals surface area contributed by atoms with Gasteiger partial charge in [0.05, 0.1) is 10.9 Å². The van der Waals surface area contributed by atoms with E-state index in [1.807, 2.05) is 13.0 Å². The molecule has 2 heterocycles. The fraction of sp³-hybridized carbons (Fsp3) is 0.0667. The maximum Gasteiger partial charge on any atom is 0.253 e. The number of fused-ring (bicyclic) bond motifs is 1. The van der Waals surface area contributed by atoms with Crippen LogP contribution in [0.3, 0.4) is 0 Å². The van der Waals surface area contributed by atoms with Crippen molar-refractivity contribution in [2.24, 2.45) is 4.99 Å². The maximum absolute atomic E-state index is 12.4. The molecule has 0 amide bonds. The lowest BCUT2D eigenvalue weighted by atomic mass is 10.1. The molecule has 7 heteroatoms. The third kappa shape index (κ3) is 2.79. The molecule has 2 N–H and O–H groups in total. The summed E-state index contributed by atoms with van der Waals surface area (Å²) >= 11 is 4.86. The number of H-pyrrole nitrogens is 2. The first-order chi connectivity index (χ1) is 10.5. The Morgan fingerprint density at radius 3 is 2.82 bits per heavy atom. The Kier molecular flexibility index (Phi) is 3.56. The topological polar surface area (TPSA) is 91.2 Å². The van der Waals surface area contributed by atoms with Crippen molar-refractivity contribution in [3.63, 3.8) is 0 Å². The molecule has 0 saturated heterocycles. The van der Waals surface area contributed by atoms with Gasteiger partial charge in [0.15, 0.2) is 4.77 Å². The van der Waals surface area contributed by atoms with Crippen molar-refractivity contribution in [2.75, 3.05) is 0 Å². The van der Waals surface area contributed by atoms with E-state index in [9.17, 15) is 9.59 Å². The number of aromatic amines is 2. The predicted molar refractivity (Wildman–Crippen MR) is 86.7 cm³/mol. The Bertz CT molecular complexity index is 1030. The molecule has 0 spiro atoms. The van der Waals surface area contributed by atoms with Gasteiger partial charge in [-0.25, -0.2) is 4.99 Å². The number of rotatable bonds is 2. The van der Waals surface area contributed by atoms with Gasteiger partial charge in [0.2, 0.25) is 5.43 Å². The molecule has 110 valence electrons. The van der Waals surface area contributed by atoms with Crippen LogP contribution in [0.25, 0.3) is 11.0 Å². The summed E-state index contributed by atoms with van der Waals surface area (Å²) in [4.78, 5) is 32.9. The zero-order chi connectivity index (χ0) is 15.7. The molecule has 0 aliphatic carbocycles. The number of hydrogen-bond donors (Lipinski definition) is 2. The smallest absolute Gasteiger partial charge is 0.253 e. The lowest BCUT2D eigenvalue weighted by Gasteiger charge is -1.99. The summed E-state index contributed by atoms with van der Waals surface area (Å²) in [5, 5.41) is 0.489. The lowest BCUT2D eigenvalue weighted by molar-refractivity contribution is 0.601. The SMILES string of the molecule is Cc1ccc2occ(/C=N/c3cc(=O)[nH]c(=S)[nH]3)c(=O)c2c1. The summed E-state index contributed by atoms with van der Waals surface area (Å²) in [5.41, 5.74) is 1.22. The summed E-state index contributed by atoms with van der Waals surface area (Å²) in [6.07, 6.45) is 2.68. The highest BCUT2D eigenvalue weighted by Gasteiger charge is 2.05. The van der Waals surface area contributed by atoms with Crippen LogP contribution < -0.4 is 11.0 Å². The zero-order valence-corrected chi connectivity index (χ0v) is 12.4. The van der Waals surface area contributed by atoms with Crippen LogP contribution in [-0.4, -0.2) is 16.2 Å². The molecule has 0 unspecified atom stereocenters. The molecule has 6 nitrogen and oxygen atoms in total. The van der Waals surface area contributed by atoms with Crippen LogP contribution >= 0.6 is 12.2 Å². The van der Waals surface area contributed by atoms with Gasteiger partial charge < -0.3 is 9.40 Å². The quantitative estimate of drug-likeness (QED) is 0.562. The first-order valence-electron chi connectivity index (χ1n) is 6.43. The Morgan fingerprint density at radius 1 is 1.23 bits per heavy atom. The highest BCUT2D eigenvalue weighted by molar-refractivity contribution is 7.71. The van der Waals surface area contributed by atoms with Crippen molar-refractivity contribution in [2.45, 2.75) is 6.92 Å². The van der Waals surface area contributed by atoms with E-state index < -0.39 is 0 Å². The molecule has 0 aliphatic heterocycles. The highest BCUT2D eigenvalue weighted by atomic mass is 32.1. The molecule has 22 heavy (non-hydrogen) atoms. The molecule has 0 fully saturated rings. The van der Waals surface area contributed by atoms with Gasteiger partial charge in [0.25, 0.3) is 5.56 Å². The Balaban J connectivity index is 2.09. The number of nitrogens with zero attached hydrogens (tertiary/aromatic N) is 1. The third-order valence-corrected chi connectivity index (χ3v) is 3.25. The lowest BCUT2D eigenvalue weighted by Crippen LogP contribution is -2.08. The van der Waals surface area contributed by atoms with Crippen LogP contribution in [0.4, 0.5) is 5.82 Å². The van der Waals surface area contributed by atoms with Crippen molar-refractivity contribution in [1.29, 1.82) is 0 Å². The molecular formula is C15H11N3O3S. The Labute approximate surface area is 129 Å². The monoisotopic (exact) mass is 313 g/mol. The van der Waals surface area contributed by atoms with E-state index in [1.165, 1.54) is 18.5 Å². The second-order valence-electron chi connectivity index (χ2n) is 4.75. The van der Waals surface area contributed by atoms with E-state index in [4.69, 9.17) is 16.6 Å². The molecule has 1 aromatic carbocycles. The van der Waals surface area contributed by atoms with Crippen molar-refractivity contribution >= 4 is 35.2 Å².